The molecule has 0 radical (unpaired) electrons. The third-order valence-corrected chi connectivity index (χ3v) is 8.51. The summed E-state index contributed by atoms with van der Waals surface area (Å²) in [6.45, 7) is 8.61. The van der Waals surface area contributed by atoms with Gasteiger partial charge in [-0.05, 0) is 103 Å². The Morgan fingerprint density at radius 1 is 1.22 bits per heavy atom. The Morgan fingerprint density at radius 2 is 1.96 bits per heavy atom. The van der Waals surface area contributed by atoms with Gasteiger partial charge >= 0.3 is 0 Å². The highest BCUT2D eigenvalue weighted by Gasteiger charge is 2.43. The van der Waals surface area contributed by atoms with Crippen LogP contribution in [0.25, 0.3) is 0 Å². The zero-order valence-electron chi connectivity index (χ0n) is 16.9. The molecule has 5 unspecified atom stereocenters. The average Bonchev–Trinajstić information content (AvgIpc) is 2.62. The predicted molar refractivity (Wildman–Crippen MR) is 118 cm³/mol. The summed E-state index contributed by atoms with van der Waals surface area (Å²) in [5, 5.41) is 3.46. The van der Waals surface area contributed by atoms with Gasteiger partial charge in [0.25, 0.3) is 0 Å². The van der Waals surface area contributed by atoms with Gasteiger partial charge in [-0.1, -0.05) is 32.4 Å². The number of carbonyl (C=O) groups is 1. The number of hydrogen-bond acceptors (Lipinski definition) is 3. The molecule has 1 aromatic carbocycles. The van der Waals surface area contributed by atoms with Crippen molar-refractivity contribution < 1.29 is 4.79 Å². The van der Waals surface area contributed by atoms with E-state index in [4.69, 9.17) is 0 Å². The minimum absolute atomic E-state index is 0.113. The summed E-state index contributed by atoms with van der Waals surface area (Å²) in [7, 11) is 0. The molecule has 3 rings (SSSR count). The maximum absolute atomic E-state index is 13.1. The fourth-order valence-electron chi connectivity index (χ4n) is 4.99. The Kier molecular flexibility index (Phi) is 6.97. The number of nitrogens with one attached hydrogen (secondary N) is 2. The SMILES string of the molecule is CCC1CC2CC(C)CC(C2)C1NC(=O)C(C)(C)NSc1ccccc1Br. The third-order valence-electron chi connectivity index (χ3n) is 6.37. The quantitative estimate of drug-likeness (QED) is 0.536. The van der Waals surface area contributed by atoms with E-state index in [1.807, 2.05) is 38.1 Å². The molecule has 2 bridgehead atoms. The lowest BCUT2D eigenvalue weighted by Gasteiger charge is -2.48. The molecule has 5 heteroatoms. The Hall–Kier alpha value is -0.520. The number of rotatable bonds is 6. The molecule has 2 aliphatic rings. The molecule has 0 heterocycles. The molecule has 0 aromatic heterocycles. The highest BCUT2D eigenvalue weighted by Crippen LogP contribution is 2.46. The molecule has 150 valence electrons. The van der Waals surface area contributed by atoms with Crippen LogP contribution >= 0.6 is 27.9 Å². The largest absolute Gasteiger partial charge is 0.351 e. The summed E-state index contributed by atoms with van der Waals surface area (Å²) < 4.78 is 4.42. The van der Waals surface area contributed by atoms with Crippen molar-refractivity contribution in [2.24, 2.45) is 23.7 Å². The van der Waals surface area contributed by atoms with E-state index < -0.39 is 5.54 Å². The van der Waals surface area contributed by atoms with Crippen LogP contribution in [0.1, 0.15) is 59.8 Å². The molecule has 0 saturated heterocycles. The maximum Gasteiger partial charge on any atom is 0.240 e. The van der Waals surface area contributed by atoms with Gasteiger partial charge in [0.2, 0.25) is 5.91 Å². The van der Waals surface area contributed by atoms with E-state index in [2.05, 4.69) is 39.8 Å². The first-order valence-electron chi connectivity index (χ1n) is 10.3. The van der Waals surface area contributed by atoms with Crippen molar-refractivity contribution in [3.05, 3.63) is 28.7 Å². The van der Waals surface area contributed by atoms with Crippen LogP contribution in [0.5, 0.6) is 0 Å². The Morgan fingerprint density at radius 3 is 2.67 bits per heavy atom. The van der Waals surface area contributed by atoms with E-state index >= 15 is 0 Å². The third kappa shape index (κ3) is 5.10. The molecule has 0 aliphatic heterocycles. The molecule has 2 saturated carbocycles. The van der Waals surface area contributed by atoms with Crippen LogP contribution < -0.4 is 10.0 Å². The minimum Gasteiger partial charge on any atom is -0.351 e. The molecule has 2 aliphatic carbocycles. The Balaban J connectivity index is 1.64. The van der Waals surface area contributed by atoms with Gasteiger partial charge in [-0.15, -0.1) is 0 Å². The number of amides is 1. The second-order valence-corrected chi connectivity index (χ2v) is 10.8. The summed E-state index contributed by atoms with van der Waals surface area (Å²) in [5.41, 5.74) is -0.630. The van der Waals surface area contributed by atoms with E-state index in [1.54, 1.807) is 0 Å². The van der Waals surface area contributed by atoms with Crippen LogP contribution in [-0.4, -0.2) is 17.5 Å². The normalized spacial score (nSPS) is 30.8. The molecule has 1 amide bonds. The van der Waals surface area contributed by atoms with Gasteiger partial charge in [-0.2, -0.15) is 0 Å². The molecule has 3 nitrogen and oxygen atoms in total. The number of hydrogen-bond donors (Lipinski definition) is 2. The fraction of sp³-hybridized carbons (Fsp3) is 0.682. The van der Waals surface area contributed by atoms with Gasteiger partial charge in [0.1, 0.15) is 5.54 Å². The second-order valence-electron chi connectivity index (χ2n) is 9.10. The minimum atomic E-state index is -0.630. The summed E-state index contributed by atoms with van der Waals surface area (Å²) in [6, 6.07) is 8.41. The Labute approximate surface area is 177 Å². The lowest BCUT2D eigenvalue weighted by atomic mass is 9.62. The highest BCUT2D eigenvalue weighted by atomic mass is 79.9. The summed E-state index contributed by atoms with van der Waals surface area (Å²) in [5.74, 6) is 3.05. The molecule has 0 spiro atoms. The first kappa shape index (κ1) is 21.2. The summed E-state index contributed by atoms with van der Waals surface area (Å²) in [6.07, 6.45) is 6.37. The van der Waals surface area contributed by atoms with Crippen molar-refractivity contribution >= 4 is 33.8 Å². The van der Waals surface area contributed by atoms with Crippen LogP contribution in [0.15, 0.2) is 33.6 Å². The van der Waals surface area contributed by atoms with E-state index in [0.29, 0.717) is 17.9 Å². The van der Waals surface area contributed by atoms with E-state index in [1.165, 1.54) is 37.6 Å². The summed E-state index contributed by atoms with van der Waals surface area (Å²) >= 11 is 5.08. The zero-order chi connectivity index (χ0) is 19.6. The van der Waals surface area contributed by atoms with Crippen LogP contribution in [0.3, 0.4) is 0 Å². The van der Waals surface area contributed by atoms with Crippen molar-refractivity contribution in [3.63, 3.8) is 0 Å². The molecule has 5 atom stereocenters. The highest BCUT2D eigenvalue weighted by molar-refractivity contribution is 9.10. The number of halogens is 1. The fourth-order valence-corrected chi connectivity index (χ4v) is 6.29. The van der Waals surface area contributed by atoms with Crippen molar-refractivity contribution in [2.75, 3.05) is 0 Å². The molecular weight excluding hydrogens is 420 g/mol. The zero-order valence-corrected chi connectivity index (χ0v) is 19.3. The van der Waals surface area contributed by atoms with E-state index in [-0.39, 0.29) is 5.91 Å². The molecule has 27 heavy (non-hydrogen) atoms. The van der Waals surface area contributed by atoms with Crippen molar-refractivity contribution in [3.8, 4) is 0 Å². The monoisotopic (exact) mass is 452 g/mol. The van der Waals surface area contributed by atoms with E-state index in [9.17, 15) is 4.79 Å². The number of carbonyl (C=O) groups excluding carboxylic acids is 1. The van der Waals surface area contributed by atoms with Gasteiger partial charge < -0.3 is 5.32 Å². The van der Waals surface area contributed by atoms with Gasteiger partial charge in [-0.3, -0.25) is 4.79 Å². The smallest absolute Gasteiger partial charge is 0.240 e. The lowest BCUT2D eigenvalue weighted by molar-refractivity contribution is -0.128. The first-order valence-corrected chi connectivity index (χ1v) is 11.9. The van der Waals surface area contributed by atoms with Crippen molar-refractivity contribution in [1.82, 2.24) is 10.0 Å². The second kappa shape index (κ2) is 8.87. The van der Waals surface area contributed by atoms with Crippen LogP contribution in [-0.2, 0) is 4.79 Å². The standard InChI is InChI=1S/C22H33BrN2OS/c1-5-16-12-15-10-14(2)11-17(13-15)20(16)24-21(26)22(3,4)25-27-19-9-7-6-8-18(19)23/h6-9,14-17,20,25H,5,10-13H2,1-4H3,(H,24,26). The van der Waals surface area contributed by atoms with E-state index in [0.717, 1.165) is 27.6 Å². The van der Waals surface area contributed by atoms with Crippen molar-refractivity contribution in [2.45, 2.75) is 76.3 Å². The number of benzene rings is 1. The first-order chi connectivity index (χ1) is 12.8. The van der Waals surface area contributed by atoms with Crippen LogP contribution in [0.2, 0.25) is 0 Å². The van der Waals surface area contributed by atoms with Crippen molar-refractivity contribution in [1.29, 1.82) is 0 Å². The predicted octanol–water partition coefficient (Wildman–Crippen LogP) is 5.79. The molecular formula is C22H33BrN2OS. The van der Waals surface area contributed by atoms with Crippen LogP contribution in [0.4, 0.5) is 0 Å². The maximum atomic E-state index is 13.1. The van der Waals surface area contributed by atoms with Gasteiger partial charge in [-0.25, -0.2) is 4.72 Å². The van der Waals surface area contributed by atoms with Gasteiger partial charge in [0, 0.05) is 15.4 Å². The summed E-state index contributed by atoms with van der Waals surface area (Å²) in [4.78, 5) is 14.2. The Bertz CT molecular complexity index is 663. The topological polar surface area (TPSA) is 41.1 Å². The molecule has 2 N–H and O–H groups in total. The number of fused-ring (bicyclic) bond motifs is 2. The lowest BCUT2D eigenvalue weighted by Crippen LogP contribution is -2.58. The van der Waals surface area contributed by atoms with Gasteiger partial charge in [0.15, 0.2) is 0 Å². The average molecular weight is 453 g/mol. The van der Waals surface area contributed by atoms with Crippen LogP contribution in [0, 0.1) is 23.7 Å². The van der Waals surface area contributed by atoms with Gasteiger partial charge in [0.05, 0.1) is 0 Å². The molecule has 2 fully saturated rings. The molecule has 1 aromatic rings.